The minimum absolute atomic E-state index is 0.228. The highest BCUT2D eigenvalue weighted by Gasteiger charge is 2.17. The van der Waals surface area contributed by atoms with E-state index in [0.717, 1.165) is 0 Å². The fourth-order valence-electron chi connectivity index (χ4n) is 2.36. The number of anilines is 1. The van der Waals surface area contributed by atoms with E-state index in [1.165, 1.54) is 24.3 Å². The molecule has 1 heterocycles. The lowest BCUT2D eigenvalue weighted by Crippen LogP contribution is -2.30. The van der Waals surface area contributed by atoms with Crippen LogP contribution in [0.15, 0.2) is 59.1 Å². The van der Waals surface area contributed by atoms with Gasteiger partial charge in [0.2, 0.25) is 0 Å². The van der Waals surface area contributed by atoms with E-state index in [9.17, 15) is 14.0 Å². The summed E-state index contributed by atoms with van der Waals surface area (Å²) in [6.45, 7) is 3.32. The van der Waals surface area contributed by atoms with Gasteiger partial charge in [-0.25, -0.2) is 4.39 Å². The molecule has 1 N–H and O–H groups in total. The summed E-state index contributed by atoms with van der Waals surface area (Å²) in [6, 6.07) is 13.3. The smallest absolute Gasteiger partial charge is 0.266 e. The van der Waals surface area contributed by atoms with Crippen molar-refractivity contribution >= 4 is 17.5 Å². The number of rotatable bonds is 6. The predicted molar refractivity (Wildman–Crippen MR) is 96.2 cm³/mol. The molecule has 2 aromatic carbocycles. The third-order valence-electron chi connectivity index (χ3n) is 3.78. The number of ketones is 1. The van der Waals surface area contributed by atoms with Crippen LogP contribution in [0.1, 0.15) is 28.6 Å². The van der Waals surface area contributed by atoms with E-state index >= 15 is 0 Å². The number of carbonyl (C=O) groups is 2. The molecule has 3 rings (SSSR count). The first-order valence-electron chi connectivity index (χ1n) is 8.23. The van der Waals surface area contributed by atoms with E-state index in [-0.39, 0.29) is 11.7 Å². The van der Waals surface area contributed by atoms with Crippen molar-refractivity contribution in [2.24, 2.45) is 0 Å². The standard InChI is InChI=1S/C20H17FN2O4/c1-12-11-18(23-27-12)22-20(25)13(2)26-17-9-5-15(6-10-17)19(24)14-3-7-16(21)8-4-14/h3-11,13H,1-2H3,(H,22,23,25). The van der Waals surface area contributed by atoms with Gasteiger partial charge in [-0.05, 0) is 62.4 Å². The van der Waals surface area contributed by atoms with Gasteiger partial charge in [0.1, 0.15) is 17.3 Å². The summed E-state index contributed by atoms with van der Waals surface area (Å²) in [6.07, 6.45) is -0.777. The van der Waals surface area contributed by atoms with Gasteiger partial charge < -0.3 is 14.6 Å². The molecule has 0 bridgehead atoms. The van der Waals surface area contributed by atoms with E-state index in [1.807, 2.05) is 0 Å². The molecule has 3 aromatic rings. The Balaban J connectivity index is 1.62. The SMILES string of the molecule is Cc1cc(NC(=O)C(C)Oc2ccc(C(=O)c3ccc(F)cc3)cc2)no1. The molecule has 0 radical (unpaired) electrons. The zero-order valence-electron chi connectivity index (χ0n) is 14.7. The highest BCUT2D eigenvalue weighted by Crippen LogP contribution is 2.17. The normalized spacial score (nSPS) is 11.7. The van der Waals surface area contributed by atoms with Crippen LogP contribution in [-0.4, -0.2) is 23.0 Å². The predicted octanol–water partition coefficient (Wildman–Crippen LogP) is 3.76. The molecule has 0 aliphatic carbocycles. The van der Waals surface area contributed by atoms with Gasteiger partial charge in [0.25, 0.3) is 5.91 Å². The van der Waals surface area contributed by atoms with Gasteiger partial charge >= 0.3 is 0 Å². The molecule has 7 heteroatoms. The van der Waals surface area contributed by atoms with Gasteiger partial charge in [-0.2, -0.15) is 0 Å². The van der Waals surface area contributed by atoms with Crippen LogP contribution in [0.3, 0.4) is 0 Å². The molecule has 0 spiro atoms. The van der Waals surface area contributed by atoms with Crippen molar-refractivity contribution in [1.29, 1.82) is 0 Å². The molecule has 1 atom stereocenters. The number of benzene rings is 2. The number of aromatic nitrogens is 1. The Morgan fingerprint density at radius 3 is 2.22 bits per heavy atom. The molecule has 6 nitrogen and oxygen atoms in total. The second-order valence-electron chi connectivity index (χ2n) is 5.93. The molecule has 0 saturated carbocycles. The zero-order chi connectivity index (χ0) is 19.4. The average molecular weight is 368 g/mol. The van der Waals surface area contributed by atoms with Gasteiger partial charge in [0, 0.05) is 17.2 Å². The Morgan fingerprint density at radius 2 is 1.67 bits per heavy atom. The van der Waals surface area contributed by atoms with Crippen molar-refractivity contribution in [3.63, 3.8) is 0 Å². The van der Waals surface area contributed by atoms with Crippen molar-refractivity contribution in [2.45, 2.75) is 20.0 Å². The van der Waals surface area contributed by atoms with Gasteiger partial charge in [-0.15, -0.1) is 0 Å². The maximum atomic E-state index is 13.0. The summed E-state index contributed by atoms with van der Waals surface area (Å²) in [4.78, 5) is 24.5. The Bertz CT molecular complexity index is 949. The topological polar surface area (TPSA) is 81.4 Å². The van der Waals surface area contributed by atoms with Crippen LogP contribution in [0.4, 0.5) is 10.2 Å². The third kappa shape index (κ3) is 4.58. The first-order valence-corrected chi connectivity index (χ1v) is 8.23. The summed E-state index contributed by atoms with van der Waals surface area (Å²) in [5.74, 6) is 0.324. The molecule has 0 fully saturated rings. The summed E-state index contributed by atoms with van der Waals surface area (Å²) in [5.41, 5.74) is 0.824. The van der Waals surface area contributed by atoms with Gasteiger partial charge in [0.15, 0.2) is 17.7 Å². The van der Waals surface area contributed by atoms with Gasteiger partial charge in [-0.3, -0.25) is 9.59 Å². The van der Waals surface area contributed by atoms with E-state index in [2.05, 4.69) is 10.5 Å². The monoisotopic (exact) mass is 368 g/mol. The Morgan fingerprint density at radius 1 is 1.07 bits per heavy atom. The van der Waals surface area contributed by atoms with Crippen molar-refractivity contribution in [2.75, 3.05) is 5.32 Å². The summed E-state index contributed by atoms with van der Waals surface area (Å²) in [7, 11) is 0. The molecule has 0 saturated heterocycles. The second-order valence-corrected chi connectivity index (χ2v) is 5.93. The van der Waals surface area contributed by atoms with Crippen LogP contribution in [0.2, 0.25) is 0 Å². The van der Waals surface area contributed by atoms with Crippen molar-refractivity contribution in [3.8, 4) is 5.75 Å². The number of hydrogen-bond donors (Lipinski definition) is 1. The Kier molecular flexibility index (Phi) is 5.30. The number of carbonyl (C=O) groups excluding carboxylic acids is 2. The quantitative estimate of drug-likeness (QED) is 0.670. The molecule has 1 unspecified atom stereocenters. The van der Waals surface area contributed by atoms with E-state index < -0.39 is 11.9 Å². The molecule has 1 aromatic heterocycles. The van der Waals surface area contributed by atoms with Crippen molar-refractivity contribution in [3.05, 3.63) is 77.3 Å². The van der Waals surface area contributed by atoms with E-state index in [4.69, 9.17) is 9.26 Å². The lowest BCUT2D eigenvalue weighted by atomic mass is 10.0. The number of nitrogens with zero attached hydrogens (tertiary/aromatic N) is 1. The van der Waals surface area contributed by atoms with Crippen LogP contribution in [-0.2, 0) is 4.79 Å². The Labute approximate surface area is 154 Å². The highest BCUT2D eigenvalue weighted by atomic mass is 19.1. The third-order valence-corrected chi connectivity index (χ3v) is 3.78. The van der Waals surface area contributed by atoms with Crippen LogP contribution >= 0.6 is 0 Å². The molecule has 0 aliphatic rings. The lowest BCUT2D eigenvalue weighted by molar-refractivity contribution is -0.122. The van der Waals surface area contributed by atoms with E-state index in [0.29, 0.717) is 28.5 Å². The molecule has 1 amide bonds. The summed E-state index contributed by atoms with van der Waals surface area (Å²) in [5, 5.41) is 6.27. The van der Waals surface area contributed by atoms with Crippen LogP contribution in [0, 0.1) is 12.7 Å². The number of aryl methyl sites for hydroxylation is 1. The largest absolute Gasteiger partial charge is 0.481 e. The minimum atomic E-state index is -0.777. The number of amides is 1. The lowest BCUT2D eigenvalue weighted by Gasteiger charge is -2.14. The Hall–Kier alpha value is -3.48. The molecular formula is C20H17FN2O4. The van der Waals surface area contributed by atoms with Crippen molar-refractivity contribution in [1.82, 2.24) is 5.16 Å². The summed E-state index contributed by atoms with van der Waals surface area (Å²) < 4.78 is 23.4. The average Bonchev–Trinajstić information content (AvgIpc) is 3.07. The molecule has 27 heavy (non-hydrogen) atoms. The molecule has 0 aliphatic heterocycles. The van der Waals surface area contributed by atoms with Gasteiger partial charge in [0.05, 0.1) is 0 Å². The fraction of sp³-hybridized carbons (Fsp3) is 0.150. The molecular weight excluding hydrogens is 351 g/mol. The van der Waals surface area contributed by atoms with E-state index in [1.54, 1.807) is 44.2 Å². The highest BCUT2D eigenvalue weighted by molar-refractivity contribution is 6.09. The number of hydrogen-bond acceptors (Lipinski definition) is 5. The first-order chi connectivity index (χ1) is 12.9. The van der Waals surface area contributed by atoms with Crippen LogP contribution in [0.5, 0.6) is 5.75 Å². The zero-order valence-corrected chi connectivity index (χ0v) is 14.7. The van der Waals surface area contributed by atoms with Crippen LogP contribution < -0.4 is 10.1 Å². The van der Waals surface area contributed by atoms with Crippen LogP contribution in [0.25, 0.3) is 0 Å². The van der Waals surface area contributed by atoms with Gasteiger partial charge in [-0.1, -0.05) is 5.16 Å². The number of ether oxygens (including phenoxy) is 1. The number of nitrogens with one attached hydrogen (secondary N) is 1. The van der Waals surface area contributed by atoms with Crippen molar-refractivity contribution < 1.29 is 23.2 Å². The minimum Gasteiger partial charge on any atom is -0.481 e. The first kappa shape index (κ1) is 18.3. The summed E-state index contributed by atoms with van der Waals surface area (Å²) >= 11 is 0. The maximum Gasteiger partial charge on any atom is 0.266 e. The second kappa shape index (κ2) is 7.82. The molecule has 138 valence electrons. The maximum absolute atomic E-state index is 13.0. The fourth-order valence-corrected chi connectivity index (χ4v) is 2.36. The number of halogens is 1.